The van der Waals surface area contributed by atoms with Gasteiger partial charge in [0.15, 0.2) is 0 Å². The van der Waals surface area contributed by atoms with Gasteiger partial charge in [0, 0.05) is 10.6 Å². The van der Waals surface area contributed by atoms with Crippen molar-refractivity contribution in [2.75, 3.05) is 19.4 Å². The number of nitrogens with one attached hydrogen (secondary N) is 1. The van der Waals surface area contributed by atoms with Gasteiger partial charge in [-0.2, -0.15) is 0 Å². The van der Waals surface area contributed by atoms with Crippen molar-refractivity contribution in [1.29, 1.82) is 0 Å². The molecule has 1 aromatic rings. The Morgan fingerprint density at radius 2 is 2.24 bits per heavy atom. The van der Waals surface area contributed by atoms with Crippen LogP contribution < -0.4 is 5.32 Å². The predicted octanol–water partition coefficient (Wildman–Crippen LogP) is 2.58. The van der Waals surface area contributed by atoms with Gasteiger partial charge in [-0.3, -0.25) is 4.79 Å². The zero-order valence-corrected chi connectivity index (χ0v) is 11.5. The highest BCUT2D eigenvalue weighted by molar-refractivity contribution is 7.99. The van der Waals surface area contributed by atoms with E-state index in [4.69, 9.17) is 16.3 Å². The molecule has 17 heavy (non-hydrogen) atoms. The minimum atomic E-state index is -0.309. The standard InChI is InChI=1S/C12H16ClNO2S/c1-3-16-12(15)10(14-2)8-17-11-7-5-4-6-9(11)13/h4-7,10,14H,3,8H2,1-2H3. The zero-order chi connectivity index (χ0) is 12.7. The van der Waals surface area contributed by atoms with Crippen molar-refractivity contribution < 1.29 is 9.53 Å². The minimum absolute atomic E-state index is 0.227. The fraction of sp³-hybridized carbons (Fsp3) is 0.417. The maximum absolute atomic E-state index is 11.5. The summed E-state index contributed by atoms with van der Waals surface area (Å²) in [6.07, 6.45) is 0. The van der Waals surface area contributed by atoms with Gasteiger partial charge >= 0.3 is 5.97 Å². The van der Waals surface area contributed by atoms with E-state index in [0.717, 1.165) is 4.90 Å². The lowest BCUT2D eigenvalue weighted by molar-refractivity contribution is -0.144. The molecule has 94 valence electrons. The number of carbonyl (C=O) groups excluding carboxylic acids is 1. The zero-order valence-electron chi connectivity index (χ0n) is 9.90. The molecule has 0 bridgehead atoms. The van der Waals surface area contributed by atoms with Crippen LogP contribution in [-0.2, 0) is 9.53 Å². The number of hydrogen-bond donors (Lipinski definition) is 1. The molecule has 0 saturated carbocycles. The fourth-order valence-electron chi connectivity index (χ4n) is 1.25. The van der Waals surface area contributed by atoms with Gasteiger partial charge in [0.1, 0.15) is 6.04 Å². The summed E-state index contributed by atoms with van der Waals surface area (Å²) < 4.78 is 4.97. The monoisotopic (exact) mass is 273 g/mol. The summed E-state index contributed by atoms with van der Waals surface area (Å²) in [4.78, 5) is 12.5. The molecule has 0 fully saturated rings. The molecule has 0 amide bonds. The van der Waals surface area contributed by atoms with E-state index < -0.39 is 0 Å². The Kier molecular flexibility index (Phi) is 6.40. The van der Waals surface area contributed by atoms with Crippen LogP contribution in [0.25, 0.3) is 0 Å². The molecule has 0 spiro atoms. The topological polar surface area (TPSA) is 38.3 Å². The van der Waals surface area contributed by atoms with Crippen LogP contribution in [0.4, 0.5) is 0 Å². The van der Waals surface area contributed by atoms with Crippen molar-refractivity contribution >= 4 is 29.3 Å². The molecule has 0 aromatic heterocycles. The first-order chi connectivity index (χ1) is 8.19. The van der Waals surface area contributed by atoms with Crippen molar-refractivity contribution in [3.63, 3.8) is 0 Å². The van der Waals surface area contributed by atoms with Crippen molar-refractivity contribution in [3.8, 4) is 0 Å². The van der Waals surface area contributed by atoms with Gasteiger partial charge in [-0.05, 0) is 26.1 Å². The highest BCUT2D eigenvalue weighted by Gasteiger charge is 2.18. The molecule has 0 aliphatic rings. The Morgan fingerprint density at radius 1 is 1.53 bits per heavy atom. The van der Waals surface area contributed by atoms with Gasteiger partial charge in [0.25, 0.3) is 0 Å². The first-order valence-corrected chi connectivity index (χ1v) is 6.76. The van der Waals surface area contributed by atoms with Crippen LogP contribution in [0.3, 0.4) is 0 Å². The van der Waals surface area contributed by atoms with E-state index in [1.54, 1.807) is 14.0 Å². The van der Waals surface area contributed by atoms with Crippen LogP contribution in [0.2, 0.25) is 5.02 Å². The summed E-state index contributed by atoms with van der Waals surface area (Å²) in [5, 5.41) is 3.64. The van der Waals surface area contributed by atoms with Gasteiger partial charge in [-0.25, -0.2) is 0 Å². The number of hydrogen-bond acceptors (Lipinski definition) is 4. The maximum Gasteiger partial charge on any atom is 0.323 e. The number of ether oxygens (including phenoxy) is 1. The highest BCUT2D eigenvalue weighted by atomic mass is 35.5. The third-order valence-corrected chi connectivity index (χ3v) is 3.77. The molecular weight excluding hydrogens is 258 g/mol. The average Bonchev–Trinajstić information content (AvgIpc) is 2.32. The molecule has 3 nitrogen and oxygen atoms in total. The molecule has 1 N–H and O–H groups in total. The van der Waals surface area contributed by atoms with E-state index in [1.165, 1.54) is 11.8 Å². The van der Waals surface area contributed by atoms with Crippen LogP contribution in [0.1, 0.15) is 6.92 Å². The highest BCUT2D eigenvalue weighted by Crippen LogP contribution is 2.27. The number of rotatable bonds is 6. The van der Waals surface area contributed by atoms with Gasteiger partial charge in [-0.1, -0.05) is 23.7 Å². The minimum Gasteiger partial charge on any atom is -0.465 e. The normalized spacial score (nSPS) is 12.2. The molecule has 5 heteroatoms. The third kappa shape index (κ3) is 4.58. The summed E-state index contributed by atoms with van der Waals surface area (Å²) in [5.74, 6) is 0.369. The number of carbonyl (C=O) groups is 1. The van der Waals surface area contributed by atoms with Crippen LogP contribution in [0.5, 0.6) is 0 Å². The lowest BCUT2D eigenvalue weighted by atomic mass is 10.3. The van der Waals surface area contributed by atoms with Gasteiger partial charge in [-0.15, -0.1) is 11.8 Å². The van der Waals surface area contributed by atoms with E-state index in [0.29, 0.717) is 17.4 Å². The largest absolute Gasteiger partial charge is 0.465 e. The Morgan fingerprint density at radius 3 is 2.82 bits per heavy atom. The smallest absolute Gasteiger partial charge is 0.323 e. The molecule has 0 aliphatic heterocycles. The van der Waals surface area contributed by atoms with Crippen molar-refractivity contribution in [1.82, 2.24) is 5.32 Å². The molecule has 1 rings (SSSR count). The van der Waals surface area contributed by atoms with Crippen LogP contribution in [0.15, 0.2) is 29.2 Å². The quantitative estimate of drug-likeness (QED) is 0.639. The van der Waals surface area contributed by atoms with E-state index in [2.05, 4.69) is 5.32 Å². The van der Waals surface area contributed by atoms with E-state index in [1.807, 2.05) is 24.3 Å². The van der Waals surface area contributed by atoms with Gasteiger partial charge in [0.05, 0.1) is 11.6 Å². The second-order valence-corrected chi connectivity index (χ2v) is 4.80. The summed E-state index contributed by atoms with van der Waals surface area (Å²) in [5.41, 5.74) is 0. The number of thioether (sulfide) groups is 1. The van der Waals surface area contributed by atoms with Crippen LogP contribution >= 0.6 is 23.4 Å². The second kappa shape index (κ2) is 7.58. The third-order valence-electron chi connectivity index (χ3n) is 2.16. The molecule has 1 aromatic carbocycles. The Hall–Kier alpha value is -0.710. The Labute approximate surface area is 111 Å². The Balaban J connectivity index is 2.53. The summed E-state index contributed by atoms with van der Waals surface area (Å²) in [6.45, 7) is 2.19. The average molecular weight is 274 g/mol. The molecular formula is C12H16ClNO2S. The van der Waals surface area contributed by atoms with E-state index >= 15 is 0 Å². The lowest BCUT2D eigenvalue weighted by Crippen LogP contribution is -2.37. The van der Waals surface area contributed by atoms with Crippen molar-refractivity contribution in [2.45, 2.75) is 17.9 Å². The molecule has 0 aliphatic carbocycles. The van der Waals surface area contributed by atoms with Crippen LogP contribution in [-0.4, -0.2) is 31.4 Å². The number of benzene rings is 1. The number of esters is 1. The van der Waals surface area contributed by atoms with E-state index in [9.17, 15) is 4.79 Å². The summed E-state index contributed by atoms with van der Waals surface area (Å²) >= 11 is 7.57. The number of halogens is 1. The summed E-state index contributed by atoms with van der Waals surface area (Å²) in [7, 11) is 1.74. The first kappa shape index (κ1) is 14.4. The predicted molar refractivity (Wildman–Crippen MR) is 71.7 cm³/mol. The fourth-order valence-corrected chi connectivity index (χ4v) is 2.58. The second-order valence-electron chi connectivity index (χ2n) is 3.33. The first-order valence-electron chi connectivity index (χ1n) is 5.40. The van der Waals surface area contributed by atoms with E-state index in [-0.39, 0.29) is 12.0 Å². The molecule has 0 saturated heterocycles. The van der Waals surface area contributed by atoms with Crippen molar-refractivity contribution in [3.05, 3.63) is 29.3 Å². The molecule has 1 unspecified atom stereocenters. The van der Waals surface area contributed by atoms with Gasteiger partial charge < -0.3 is 10.1 Å². The maximum atomic E-state index is 11.5. The number of likely N-dealkylation sites (N-methyl/N-ethyl adjacent to an activating group) is 1. The summed E-state index contributed by atoms with van der Waals surface area (Å²) in [6, 6.07) is 7.27. The molecule has 0 radical (unpaired) electrons. The van der Waals surface area contributed by atoms with Crippen LogP contribution in [0, 0.1) is 0 Å². The van der Waals surface area contributed by atoms with Crippen molar-refractivity contribution in [2.24, 2.45) is 0 Å². The molecule has 1 atom stereocenters. The SMILES string of the molecule is CCOC(=O)C(CSc1ccccc1Cl)NC. The lowest BCUT2D eigenvalue weighted by Gasteiger charge is -2.14. The van der Waals surface area contributed by atoms with Gasteiger partial charge in [0.2, 0.25) is 0 Å². The molecule has 0 heterocycles. The Bertz CT molecular complexity index is 373.